The maximum absolute atomic E-state index is 5.82. The van der Waals surface area contributed by atoms with E-state index in [0.29, 0.717) is 13.2 Å². The summed E-state index contributed by atoms with van der Waals surface area (Å²) in [5.41, 5.74) is 1.21. The minimum absolute atomic E-state index is 0.265. The van der Waals surface area contributed by atoms with Gasteiger partial charge in [0.05, 0.1) is 6.61 Å². The minimum atomic E-state index is 0.265. The van der Waals surface area contributed by atoms with Crippen molar-refractivity contribution in [2.45, 2.75) is 31.6 Å². The molecule has 1 aromatic carbocycles. The van der Waals surface area contributed by atoms with Gasteiger partial charge in [-0.3, -0.25) is 0 Å². The molecule has 0 heterocycles. The molecule has 1 N–H and O–H groups in total. The molecule has 1 atom stereocenters. The molecule has 3 nitrogen and oxygen atoms in total. The van der Waals surface area contributed by atoms with Crippen molar-refractivity contribution < 1.29 is 9.47 Å². The number of ether oxygens (including phenoxy) is 2. The predicted molar refractivity (Wildman–Crippen MR) is 87.8 cm³/mol. The first-order chi connectivity index (χ1) is 9.48. The molecule has 0 spiro atoms. The van der Waals surface area contributed by atoms with Crippen LogP contribution in [0.2, 0.25) is 0 Å². The maximum atomic E-state index is 5.82. The molecule has 1 unspecified atom stereocenters. The van der Waals surface area contributed by atoms with Gasteiger partial charge in [0.1, 0.15) is 12.4 Å². The van der Waals surface area contributed by atoms with E-state index in [4.69, 9.17) is 9.47 Å². The normalized spacial score (nSPS) is 13.2. The Morgan fingerprint density at radius 3 is 2.50 bits per heavy atom. The Labute approximate surface area is 127 Å². The molecule has 1 rings (SSSR count). The molecule has 0 saturated carbocycles. The maximum Gasteiger partial charge on any atom is 0.124 e. The second-order valence-corrected chi connectivity index (χ2v) is 7.49. The summed E-state index contributed by atoms with van der Waals surface area (Å²) in [5.74, 6) is 1.96. The van der Waals surface area contributed by atoms with Gasteiger partial charge in [-0.25, -0.2) is 0 Å². The van der Waals surface area contributed by atoms with E-state index in [-0.39, 0.29) is 10.8 Å². The van der Waals surface area contributed by atoms with Crippen LogP contribution >= 0.6 is 11.8 Å². The van der Waals surface area contributed by atoms with Crippen LogP contribution in [0.4, 0.5) is 0 Å². The molecular weight excluding hydrogens is 270 g/mol. The molecule has 0 amide bonds. The van der Waals surface area contributed by atoms with Crippen LogP contribution < -0.4 is 10.1 Å². The summed E-state index contributed by atoms with van der Waals surface area (Å²) in [4.78, 5) is 0. The van der Waals surface area contributed by atoms with Gasteiger partial charge in [-0.1, -0.05) is 39.0 Å². The van der Waals surface area contributed by atoms with Gasteiger partial charge in [0.15, 0.2) is 0 Å². The lowest BCUT2D eigenvalue weighted by atomic mass is 10.1. The number of hydrogen-bond donors (Lipinski definition) is 1. The Balaban J connectivity index is 2.75. The van der Waals surface area contributed by atoms with Crippen LogP contribution in [0.3, 0.4) is 0 Å². The molecule has 0 aliphatic carbocycles. The highest BCUT2D eigenvalue weighted by atomic mass is 32.2. The summed E-state index contributed by atoms with van der Waals surface area (Å²) in [6.45, 7) is 7.91. The number of thioether (sulfide) groups is 1. The van der Waals surface area contributed by atoms with Gasteiger partial charge < -0.3 is 14.8 Å². The summed E-state index contributed by atoms with van der Waals surface area (Å²) < 4.78 is 11.1. The van der Waals surface area contributed by atoms with E-state index in [1.54, 1.807) is 7.11 Å². The molecular formula is C16H27NO2S. The number of benzene rings is 1. The summed E-state index contributed by atoms with van der Waals surface area (Å²) in [6, 6.07) is 8.52. The number of nitrogens with one attached hydrogen (secondary N) is 1. The smallest absolute Gasteiger partial charge is 0.124 e. The largest absolute Gasteiger partial charge is 0.491 e. The molecule has 1 aromatic rings. The van der Waals surface area contributed by atoms with Crippen LogP contribution in [-0.2, 0) is 4.74 Å². The molecule has 0 saturated heterocycles. The molecule has 0 aliphatic rings. The summed E-state index contributed by atoms with van der Waals surface area (Å²) in [7, 11) is 3.69. The lowest BCUT2D eigenvalue weighted by Gasteiger charge is -2.24. The van der Waals surface area contributed by atoms with Gasteiger partial charge in [-0.15, -0.1) is 0 Å². The average molecular weight is 297 g/mol. The van der Waals surface area contributed by atoms with Gasteiger partial charge >= 0.3 is 0 Å². The van der Waals surface area contributed by atoms with E-state index in [1.807, 2.05) is 30.9 Å². The molecule has 20 heavy (non-hydrogen) atoms. The van der Waals surface area contributed by atoms with E-state index < -0.39 is 0 Å². The molecule has 0 aliphatic heterocycles. The van der Waals surface area contributed by atoms with Crippen molar-refractivity contribution in [2.75, 3.05) is 33.1 Å². The molecule has 0 aromatic heterocycles. The quantitative estimate of drug-likeness (QED) is 0.744. The highest BCUT2D eigenvalue weighted by Gasteiger charge is 2.18. The first-order valence-corrected chi connectivity index (χ1v) is 7.98. The first kappa shape index (κ1) is 17.3. The third-order valence-corrected chi connectivity index (χ3v) is 4.24. The summed E-state index contributed by atoms with van der Waals surface area (Å²) >= 11 is 1.96. The Hall–Kier alpha value is -0.710. The van der Waals surface area contributed by atoms with Crippen LogP contribution in [0.25, 0.3) is 0 Å². The lowest BCUT2D eigenvalue weighted by molar-refractivity contribution is 0.145. The second-order valence-electron chi connectivity index (χ2n) is 5.64. The third kappa shape index (κ3) is 6.16. The van der Waals surface area contributed by atoms with Crippen LogP contribution in [0.5, 0.6) is 5.75 Å². The van der Waals surface area contributed by atoms with Crippen molar-refractivity contribution in [3.8, 4) is 5.75 Å². The summed E-state index contributed by atoms with van der Waals surface area (Å²) in [6.07, 6.45) is 0. The molecule has 4 heteroatoms. The summed E-state index contributed by atoms with van der Waals surface area (Å²) in [5, 5.41) is 3.39. The highest BCUT2D eigenvalue weighted by molar-refractivity contribution is 8.00. The molecule has 0 radical (unpaired) electrons. The van der Waals surface area contributed by atoms with Crippen molar-refractivity contribution >= 4 is 11.8 Å². The Bertz CT molecular complexity index is 390. The van der Waals surface area contributed by atoms with E-state index in [1.165, 1.54) is 5.56 Å². The number of methoxy groups -OCH3 is 1. The monoisotopic (exact) mass is 297 g/mol. The van der Waals surface area contributed by atoms with Gasteiger partial charge in [0.25, 0.3) is 0 Å². The minimum Gasteiger partial charge on any atom is -0.491 e. The average Bonchev–Trinajstić information content (AvgIpc) is 2.40. The first-order valence-electron chi connectivity index (χ1n) is 7.00. The van der Waals surface area contributed by atoms with Crippen molar-refractivity contribution in [2.24, 2.45) is 0 Å². The lowest BCUT2D eigenvalue weighted by Crippen LogP contribution is -2.22. The Morgan fingerprint density at radius 2 is 1.90 bits per heavy atom. The van der Waals surface area contributed by atoms with Crippen LogP contribution in [0.15, 0.2) is 24.3 Å². The van der Waals surface area contributed by atoms with Crippen molar-refractivity contribution in [1.82, 2.24) is 5.32 Å². The van der Waals surface area contributed by atoms with E-state index in [2.05, 4.69) is 38.2 Å². The van der Waals surface area contributed by atoms with Crippen LogP contribution in [-0.4, -0.2) is 37.9 Å². The molecule has 114 valence electrons. The fourth-order valence-electron chi connectivity index (χ4n) is 1.80. The third-order valence-electron chi connectivity index (χ3n) is 2.87. The SMILES string of the molecule is CNC(CSC(C)(C)C)c1ccccc1OCCOC. The van der Waals surface area contributed by atoms with Crippen molar-refractivity contribution in [1.29, 1.82) is 0 Å². The predicted octanol–water partition coefficient (Wildman–Crippen LogP) is 3.50. The van der Waals surface area contributed by atoms with Gasteiger partial charge in [0, 0.05) is 29.2 Å². The van der Waals surface area contributed by atoms with Gasteiger partial charge in [-0.05, 0) is 13.1 Å². The van der Waals surface area contributed by atoms with Gasteiger partial charge in [-0.2, -0.15) is 11.8 Å². The number of para-hydroxylation sites is 1. The standard InChI is InChI=1S/C16H27NO2S/c1-16(2,3)20-12-14(17-4)13-8-6-7-9-15(13)19-11-10-18-5/h6-9,14,17H,10-12H2,1-5H3. The van der Waals surface area contributed by atoms with Crippen molar-refractivity contribution in [3.05, 3.63) is 29.8 Å². The van der Waals surface area contributed by atoms with Crippen LogP contribution in [0, 0.1) is 0 Å². The zero-order valence-corrected chi connectivity index (χ0v) is 14.0. The Morgan fingerprint density at radius 1 is 1.20 bits per heavy atom. The van der Waals surface area contributed by atoms with E-state index >= 15 is 0 Å². The van der Waals surface area contributed by atoms with E-state index in [9.17, 15) is 0 Å². The number of hydrogen-bond acceptors (Lipinski definition) is 4. The highest BCUT2D eigenvalue weighted by Crippen LogP contribution is 2.32. The topological polar surface area (TPSA) is 30.5 Å². The van der Waals surface area contributed by atoms with E-state index in [0.717, 1.165) is 11.5 Å². The van der Waals surface area contributed by atoms with Gasteiger partial charge in [0.2, 0.25) is 0 Å². The second kappa shape index (κ2) is 8.55. The Kier molecular flexibility index (Phi) is 7.41. The van der Waals surface area contributed by atoms with Crippen LogP contribution in [0.1, 0.15) is 32.4 Å². The zero-order chi connectivity index (χ0) is 15.0. The van der Waals surface area contributed by atoms with Crippen molar-refractivity contribution in [3.63, 3.8) is 0 Å². The fraction of sp³-hybridized carbons (Fsp3) is 0.625. The zero-order valence-electron chi connectivity index (χ0n) is 13.2. The fourth-order valence-corrected chi connectivity index (χ4v) is 2.81. The molecule has 0 bridgehead atoms. The molecule has 0 fully saturated rings. The number of rotatable bonds is 8.